The standard InChI is InChI=1S/C25H36N2/c1-2-3-4-5-6-7-8-9-10-15-20-26-25-21-16-11-13-18-23(21)27-24-19-14-12-17-22(24)25/h11,13,16,18,20H,2-10,12,14-15,17,19H2,1H3/b26-20-. The number of aromatic nitrogens is 1. The summed E-state index contributed by atoms with van der Waals surface area (Å²) in [4.78, 5) is 9.86. The molecule has 1 heterocycles. The number of benzene rings is 1. The molecule has 0 bridgehead atoms. The van der Waals surface area contributed by atoms with Crippen molar-refractivity contribution >= 4 is 22.8 Å². The van der Waals surface area contributed by atoms with Gasteiger partial charge in [0.05, 0.1) is 11.2 Å². The van der Waals surface area contributed by atoms with Crippen LogP contribution in [0.5, 0.6) is 0 Å². The summed E-state index contributed by atoms with van der Waals surface area (Å²) in [6, 6.07) is 8.51. The molecule has 1 aromatic carbocycles. The summed E-state index contributed by atoms with van der Waals surface area (Å²) in [5, 5.41) is 1.22. The molecular formula is C25H36N2. The van der Waals surface area contributed by atoms with Gasteiger partial charge in [-0.05, 0) is 50.2 Å². The van der Waals surface area contributed by atoms with E-state index in [1.807, 2.05) is 0 Å². The molecule has 0 atom stereocenters. The van der Waals surface area contributed by atoms with Gasteiger partial charge < -0.3 is 0 Å². The third kappa shape index (κ3) is 5.89. The Morgan fingerprint density at radius 1 is 0.889 bits per heavy atom. The minimum Gasteiger partial charge on any atom is -0.260 e. The van der Waals surface area contributed by atoms with E-state index in [9.17, 15) is 0 Å². The van der Waals surface area contributed by atoms with E-state index >= 15 is 0 Å². The molecule has 146 valence electrons. The summed E-state index contributed by atoms with van der Waals surface area (Å²) >= 11 is 0. The number of rotatable bonds is 11. The molecule has 0 N–H and O–H groups in total. The van der Waals surface area contributed by atoms with Crippen LogP contribution in [0.2, 0.25) is 0 Å². The number of pyridine rings is 1. The molecule has 3 rings (SSSR count). The second-order valence-electron chi connectivity index (χ2n) is 8.04. The highest BCUT2D eigenvalue weighted by Crippen LogP contribution is 2.35. The highest BCUT2D eigenvalue weighted by Gasteiger charge is 2.17. The first-order chi connectivity index (χ1) is 13.4. The van der Waals surface area contributed by atoms with Crippen LogP contribution in [0.4, 0.5) is 5.69 Å². The lowest BCUT2D eigenvalue weighted by atomic mass is 9.93. The van der Waals surface area contributed by atoms with Gasteiger partial charge in [0.25, 0.3) is 0 Å². The van der Waals surface area contributed by atoms with E-state index in [0.29, 0.717) is 0 Å². The summed E-state index contributed by atoms with van der Waals surface area (Å²) in [7, 11) is 0. The molecule has 1 aliphatic rings. The van der Waals surface area contributed by atoms with Crippen molar-refractivity contribution in [3.05, 3.63) is 35.5 Å². The van der Waals surface area contributed by atoms with E-state index < -0.39 is 0 Å². The molecule has 0 spiro atoms. The molecule has 0 radical (unpaired) electrons. The van der Waals surface area contributed by atoms with Crippen LogP contribution < -0.4 is 0 Å². The Hall–Kier alpha value is -1.70. The fourth-order valence-electron chi connectivity index (χ4n) is 4.20. The van der Waals surface area contributed by atoms with Gasteiger partial charge in [-0.3, -0.25) is 9.98 Å². The predicted molar refractivity (Wildman–Crippen MR) is 118 cm³/mol. The maximum Gasteiger partial charge on any atom is 0.0769 e. The lowest BCUT2D eigenvalue weighted by molar-refractivity contribution is 0.569. The van der Waals surface area contributed by atoms with Gasteiger partial charge in [-0.2, -0.15) is 0 Å². The van der Waals surface area contributed by atoms with Crippen molar-refractivity contribution in [1.29, 1.82) is 0 Å². The Labute approximate surface area is 165 Å². The first kappa shape index (κ1) is 20.0. The third-order valence-electron chi connectivity index (χ3n) is 5.80. The minimum absolute atomic E-state index is 1.10. The smallest absolute Gasteiger partial charge is 0.0769 e. The van der Waals surface area contributed by atoms with Crippen LogP contribution in [0, 0.1) is 0 Å². The Bertz CT molecular complexity index is 732. The monoisotopic (exact) mass is 364 g/mol. The number of aliphatic imine (C=N–C) groups is 1. The van der Waals surface area contributed by atoms with Crippen molar-refractivity contribution < 1.29 is 0 Å². The van der Waals surface area contributed by atoms with Gasteiger partial charge in [0.1, 0.15) is 0 Å². The molecule has 1 aliphatic carbocycles. The largest absolute Gasteiger partial charge is 0.260 e. The van der Waals surface area contributed by atoms with Crippen molar-refractivity contribution in [1.82, 2.24) is 4.98 Å². The summed E-state index contributed by atoms with van der Waals surface area (Å²) in [6.45, 7) is 2.28. The molecule has 0 unspecified atom stereocenters. The van der Waals surface area contributed by atoms with Gasteiger partial charge in [0.15, 0.2) is 0 Å². The zero-order chi connectivity index (χ0) is 18.7. The zero-order valence-electron chi connectivity index (χ0n) is 17.2. The normalized spacial score (nSPS) is 14.1. The zero-order valence-corrected chi connectivity index (χ0v) is 17.2. The molecule has 0 saturated heterocycles. The molecule has 0 amide bonds. The van der Waals surface area contributed by atoms with Crippen LogP contribution in [0.25, 0.3) is 10.9 Å². The van der Waals surface area contributed by atoms with Crippen LogP contribution in [-0.4, -0.2) is 11.2 Å². The lowest BCUT2D eigenvalue weighted by Crippen LogP contribution is -2.06. The highest BCUT2D eigenvalue weighted by atomic mass is 14.8. The molecule has 1 aromatic heterocycles. The second-order valence-corrected chi connectivity index (χ2v) is 8.04. The van der Waals surface area contributed by atoms with Crippen LogP contribution >= 0.6 is 0 Å². The van der Waals surface area contributed by atoms with Crippen molar-refractivity contribution in [2.45, 2.75) is 96.8 Å². The number of aryl methyl sites for hydroxylation is 1. The van der Waals surface area contributed by atoms with Crippen molar-refractivity contribution in [2.75, 3.05) is 0 Å². The highest BCUT2D eigenvalue weighted by molar-refractivity contribution is 5.93. The maximum absolute atomic E-state index is 4.95. The van der Waals surface area contributed by atoms with Gasteiger partial charge >= 0.3 is 0 Å². The van der Waals surface area contributed by atoms with Crippen molar-refractivity contribution in [3.8, 4) is 0 Å². The summed E-state index contributed by atoms with van der Waals surface area (Å²) in [6.07, 6.45) is 20.5. The Balaban J connectivity index is 1.49. The Morgan fingerprint density at radius 3 is 2.41 bits per heavy atom. The average molecular weight is 365 g/mol. The quantitative estimate of drug-likeness (QED) is 0.296. The van der Waals surface area contributed by atoms with Crippen LogP contribution in [0.1, 0.15) is 95.2 Å². The van der Waals surface area contributed by atoms with E-state index in [1.54, 1.807) is 0 Å². The van der Waals surface area contributed by atoms with Gasteiger partial charge in [0, 0.05) is 17.3 Å². The maximum atomic E-state index is 4.95. The van der Waals surface area contributed by atoms with Gasteiger partial charge in [-0.1, -0.05) is 76.5 Å². The van der Waals surface area contributed by atoms with Gasteiger partial charge in [-0.15, -0.1) is 0 Å². The van der Waals surface area contributed by atoms with E-state index in [0.717, 1.165) is 24.8 Å². The van der Waals surface area contributed by atoms with Gasteiger partial charge in [0.2, 0.25) is 0 Å². The molecule has 27 heavy (non-hydrogen) atoms. The SMILES string of the molecule is CCCCCCCCCCC/C=N\c1c2c(nc3ccccc13)CCCC2. The predicted octanol–water partition coefficient (Wildman–Crippen LogP) is 7.74. The van der Waals surface area contributed by atoms with E-state index in [4.69, 9.17) is 9.98 Å². The number of nitrogens with zero attached hydrogens (tertiary/aromatic N) is 2. The fourth-order valence-corrected chi connectivity index (χ4v) is 4.20. The first-order valence-electron chi connectivity index (χ1n) is 11.3. The van der Waals surface area contributed by atoms with Gasteiger partial charge in [-0.25, -0.2) is 0 Å². The first-order valence-corrected chi connectivity index (χ1v) is 11.3. The Morgan fingerprint density at radius 2 is 1.59 bits per heavy atom. The molecule has 2 nitrogen and oxygen atoms in total. The number of unbranched alkanes of at least 4 members (excludes halogenated alkanes) is 9. The van der Waals surface area contributed by atoms with Crippen molar-refractivity contribution in [3.63, 3.8) is 0 Å². The van der Waals surface area contributed by atoms with Crippen LogP contribution in [0.15, 0.2) is 29.3 Å². The molecule has 0 aliphatic heterocycles. The minimum atomic E-state index is 1.10. The van der Waals surface area contributed by atoms with Crippen LogP contribution in [0.3, 0.4) is 0 Å². The summed E-state index contributed by atoms with van der Waals surface area (Å²) in [5.41, 5.74) is 5.00. The third-order valence-corrected chi connectivity index (χ3v) is 5.80. The van der Waals surface area contributed by atoms with Crippen LogP contribution in [-0.2, 0) is 12.8 Å². The fraction of sp³-hybridized carbons (Fsp3) is 0.600. The summed E-state index contributed by atoms with van der Waals surface area (Å²) < 4.78 is 0. The molecular weight excluding hydrogens is 328 g/mol. The number of hydrogen-bond acceptors (Lipinski definition) is 2. The molecule has 0 fully saturated rings. The van der Waals surface area contributed by atoms with E-state index in [2.05, 4.69) is 37.4 Å². The second kappa shape index (κ2) is 11.2. The topological polar surface area (TPSA) is 25.2 Å². The number of hydrogen-bond donors (Lipinski definition) is 0. The molecule has 0 saturated carbocycles. The number of para-hydroxylation sites is 1. The number of fused-ring (bicyclic) bond motifs is 2. The van der Waals surface area contributed by atoms with E-state index in [-0.39, 0.29) is 0 Å². The van der Waals surface area contributed by atoms with Crippen molar-refractivity contribution in [2.24, 2.45) is 4.99 Å². The molecule has 2 aromatic rings. The lowest BCUT2D eigenvalue weighted by Gasteiger charge is -2.18. The average Bonchev–Trinajstić information content (AvgIpc) is 2.71. The summed E-state index contributed by atoms with van der Waals surface area (Å²) in [5.74, 6) is 0. The van der Waals surface area contributed by atoms with E-state index in [1.165, 1.54) is 93.0 Å². The molecule has 2 heteroatoms. The Kier molecular flexibility index (Phi) is 8.32.